The predicted molar refractivity (Wildman–Crippen MR) is 116 cm³/mol. The molecule has 0 unspecified atom stereocenters. The van der Waals surface area contributed by atoms with Gasteiger partial charge in [0.05, 0.1) is 19.8 Å². The van der Waals surface area contributed by atoms with Crippen LogP contribution in [-0.2, 0) is 12.1 Å². The number of methoxy groups -OCH3 is 2. The van der Waals surface area contributed by atoms with Gasteiger partial charge in [0.2, 0.25) is 0 Å². The number of likely N-dealkylation sites (tertiary alicyclic amines) is 1. The van der Waals surface area contributed by atoms with Crippen molar-refractivity contribution in [3.05, 3.63) is 53.6 Å². The van der Waals surface area contributed by atoms with Gasteiger partial charge in [0.25, 0.3) is 0 Å². The second-order valence-corrected chi connectivity index (χ2v) is 8.20. The summed E-state index contributed by atoms with van der Waals surface area (Å²) in [5.74, 6) is 1.72. The van der Waals surface area contributed by atoms with E-state index in [1.807, 2.05) is 24.3 Å². The van der Waals surface area contributed by atoms with Crippen LogP contribution in [0.2, 0.25) is 0 Å². The van der Waals surface area contributed by atoms with Crippen LogP contribution in [0.4, 0.5) is 5.69 Å². The highest BCUT2D eigenvalue weighted by Crippen LogP contribution is 2.38. The van der Waals surface area contributed by atoms with Gasteiger partial charge in [-0.25, -0.2) is 0 Å². The molecule has 0 aromatic heterocycles. The van der Waals surface area contributed by atoms with Crippen molar-refractivity contribution in [1.29, 1.82) is 0 Å². The Labute approximate surface area is 173 Å². The van der Waals surface area contributed by atoms with Crippen LogP contribution in [0.3, 0.4) is 0 Å². The fourth-order valence-electron chi connectivity index (χ4n) is 4.66. The van der Waals surface area contributed by atoms with Crippen molar-refractivity contribution < 1.29 is 14.6 Å². The first kappa shape index (κ1) is 20.0. The van der Waals surface area contributed by atoms with Gasteiger partial charge >= 0.3 is 0 Å². The van der Waals surface area contributed by atoms with Gasteiger partial charge in [-0.3, -0.25) is 4.90 Å². The molecule has 2 heterocycles. The zero-order chi connectivity index (χ0) is 20.3. The van der Waals surface area contributed by atoms with E-state index in [1.165, 1.54) is 24.1 Å². The molecular formula is C24H32N2O3. The molecule has 2 aliphatic heterocycles. The number of piperidine rings is 1. The third-order valence-corrected chi connectivity index (χ3v) is 6.43. The standard InChI is InChI=1S/C24H32N2O3/c1-28-22-8-4-3-7-21(22)24(27)11-15-25(16-12-24)18-19-9-10-20(17-23(19)29-2)26-13-5-6-14-26/h3-4,7-10,17,27H,5-6,11-16,18H2,1-2H3. The van der Waals surface area contributed by atoms with E-state index in [1.54, 1.807) is 14.2 Å². The molecule has 2 saturated heterocycles. The Morgan fingerprint density at radius 1 is 0.897 bits per heavy atom. The lowest BCUT2D eigenvalue weighted by atomic mass is 9.83. The second-order valence-electron chi connectivity index (χ2n) is 8.20. The average Bonchev–Trinajstić information content (AvgIpc) is 3.30. The van der Waals surface area contributed by atoms with Crippen molar-refractivity contribution in [2.24, 2.45) is 0 Å². The van der Waals surface area contributed by atoms with Crippen molar-refractivity contribution in [2.45, 2.75) is 37.8 Å². The van der Waals surface area contributed by atoms with Gasteiger partial charge in [0.15, 0.2) is 0 Å². The molecule has 0 atom stereocenters. The van der Waals surface area contributed by atoms with Gasteiger partial charge in [-0.05, 0) is 37.8 Å². The van der Waals surface area contributed by atoms with Crippen LogP contribution in [0.1, 0.15) is 36.8 Å². The maximum atomic E-state index is 11.3. The maximum absolute atomic E-state index is 11.3. The molecule has 156 valence electrons. The summed E-state index contributed by atoms with van der Waals surface area (Å²) in [6, 6.07) is 14.4. The summed E-state index contributed by atoms with van der Waals surface area (Å²) in [7, 11) is 3.42. The molecule has 29 heavy (non-hydrogen) atoms. The lowest BCUT2D eigenvalue weighted by Crippen LogP contribution is -2.42. The van der Waals surface area contributed by atoms with Gasteiger partial charge in [0, 0.05) is 55.6 Å². The molecule has 0 aliphatic carbocycles. The summed E-state index contributed by atoms with van der Waals surface area (Å²) in [6.45, 7) is 4.79. The number of hydrogen-bond donors (Lipinski definition) is 1. The summed E-state index contributed by atoms with van der Waals surface area (Å²) in [5.41, 5.74) is 2.53. The summed E-state index contributed by atoms with van der Waals surface area (Å²) < 4.78 is 11.2. The number of hydrogen-bond acceptors (Lipinski definition) is 5. The van der Waals surface area contributed by atoms with Gasteiger partial charge in [0.1, 0.15) is 11.5 Å². The van der Waals surface area contributed by atoms with E-state index < -0.39 is 5.60 Å². The molecule has 2 aromatic rings. The lowest BCUT2D eigenvalue weighted by Gasteiger charge is -2.39. The van der Waals surface area contributed by atoms with Gasteiger partial charge < -0.3 is 19.5 Å². The van der Waals surface area contributed by atoms with Crippen molar-refractivity contribution in [3.63, 3.8) is 0 Å². The van der Waals surface area contributed by atoms with Crippen LogP contribution in [0.25, 0.3) is 0 Å². The first-order valence-corrected chi connectivity index (χ1v) is 10.6. The highest BCUT2D eigenvalue weighted by Gasteiger charge is 2.36. The van der Waals surface area contributed by atoms with E-state index in [-0.39, 0.29) is 0 Å². The second kappa shape index (κ2) is 8.64. The van der Waals surface area contributed by atoms with Crippen LogP contribution in [-0.4, -0.2) is 50.4 Å². The summed E-state index contributed by atoms with van der Waals surface area (Å²) >= 11 is 0. The van der Waals surface area contributed by atoms with Gasteiger partial charge in [-0.1, -0.05) is 24.3 Å². The zero-order valence-corrected chi connectivity index (χ0v) is 17.6. The van der Waals surface area contributed by atoms with Crippen molar-refractivity contribution in [1.82, 2.24) is 4.90 Å². The SMILES string of the molecule is COc1cc(N2CCCC2)ccc1CN1CCC(O)(c2ccccc2OC)CC1. The average molecular weight is 397 g/mol. The zero-order valence-electron chi connectivity index (χ0n) is 17.6. The number of nitrogens with zero attached hydrogens (tertiary/aromatic N) is 2. The Morgan fingerprint density at radius 3 is 2.28 bits per heavy atom. The molecule has 2 aromatic carbocycles. The van der Waals surface area contributed by atoms with Gasteiger partial charge in [-0.15, -0.1) is 0 Å². The number of para-hydroxylation sites is 1. The fraction of sp³-hybridized carbons (Fsp3) is 0.500. The van der Waals surface area contributed by atoms with E-state index in [9.17, 15) is 5.11 Å². The minimum atomic E-state index is -0.827. The Hall–Kier alpha value is -2.24. The molecule has 4 rings (SSSR count). The normalized spacial score (nSPS) is 19.3. The molecule has 0 saturated carbocycles. The Kier molecular flexibility index (Phi) is 5.97. The maximum Gasteiger partial charge on any atom is 0.125 e. The monoisotopic (exact) mass is 396 g/mol. The minimum absolute atomic E-state index is 0.696. The molecule has 0 amide bonds. The van der Waals surface area contributed by atoms with E-state index >= 15 is 0 Å². The molecule has 0 radical (unpaired) electrons. The van der Waals surface area contributed by atoms with Crippen LogP contribution in [0.15, 0.2) is 42.5 Å². The molecule has 0 bridgehead atoms. The third-order valence-electron chi connectivity index (χ3n) is 6.43. The first-order chi connectivity index (χ1) is 14.1. The van der Waals surface area contributed by atoms with Crippen molar-refractivity contribution in [3.8, 4) is 11.5 Å². The van der Waals surface area contributed by atoms with Crippen molar-refractivity contribution in [2.75, 3.05) is 45.3 Å². The molecule has 0 spiro atoms. The van der Waals surface area contributed by atoms with E-state index in [2.05, 4.69) is 28.0 Å². The molecule has 2 aliphatic rings. The fourth-order valence-corrected chi connectivity index (χ4v) is 4.66. The van der Waals surface area contributed by atoms with Crippen LogP contribution >= 0.6 is 0 Å². The number of ether oxygens (including phenoxy) is 2. The summed E-state index contributed by atoms with van der Waals surface area (Å²) in [4.78, 5) is 4.83. The topological polar surface area (TPSA) is 45.2 Å². The number of rotatable bonds is 6. The van der Waals surface area contributed by atoms with Crippen LogP contribution in [0.5, 0.6) is 11.5 Å². The molecule has 1 N–H and O–H groups in total. The third kappa shape index (κ3) is 4.21. The molecule has 5 heteroatoms. The van der Waals surface area contributed by atoms with E-state index in [4.69, 9.17) is 9.47 Å². The van der Waals surface area contributed by atoms with Crippen molar-refractivity contribution >= 4 is 5.69 Å². The van der Waals surface area contributed by atoms with Gasteiger partial charge in [-0.2, -0.15) is 0 Å². The highest BCUT2D eigenvalue weighted by molar-refractivity contribution is 5.54. The minimum Gasteiger partial charge on any atom is -0.496 e. The smallest absolute Gasteiger partial charge is 0.125 e. The van der Waals surface area contributed by atoms with Crippen LogP contribution in [0, 0.1) is 0 Å². The number of aliphatic hydroxyl groups is 1. The molecule has 2 fully saturated rings. The Morgan fingerprint density at radius 2 is 1.59 bits per heavy atom. The van der Waals surface area contributed by atoms with E-state index in [0.29, 0.717) is 12.8 Å². The van der Waals surface area contributed by atoms with Crippen LogP contribution < -0.4 is 14.4 Å². The Balaban J connectivity index is 1.43. The van der Waals surface area contributed by atoms with E-state index in [0.717, 1.165) is 49.8 Å². The Bertz CT molecular complexity index is 825. The quantitative estimate of drug-likeness (QED) is 0.805. The summed E-state index contributed by atoms with van der Waals surface area (Å²) in [5, 5.41) is 11.3. The molecular weight excluding hydrogens is 364 g/mol. The summed E-state index contributed by atoms with van der Waals surface area (Å²) in [6.07, 6.45) is 3.93. The number of anilines is 1. The molecule has 5 nitrogen and oxygen atoms in total. The number of benzene rings is 2. The first-order valence-electron chi connectivity index (χ1n) is 10.6. The highest BCUT2D eigenvalue weighted by atomic mass is 16.5. The lowest BCUT2D eigenvalue weighted by molar-refractivity contribution is -0.0293. The predicted octanol–water partition coefficient (Wildman–Crippen LogP) is 3.79. The largest absolute Gasteiger partial charge is 0.496 e.